The average molecular weight is 241 g/mol. The lowest BCUT2D eigenvalue weighted by atomic mass is 9.86. The van der Waals surface area contributed by atoms with Crippen molar-refractivity contribution in [3.8, 4) is 0 Å². The third kappa shape index (κ3) is 5.17. The Morgan fingerprint density at radius 1 is 1.35 bits per heavy atom. The molecule has 0 saturated heterocycles. The molecule has 0 aliphatic heterocycles. The second-order valence-electron chi connectivity index (χ2n) is 5.84. The van der Waals surface area contributed by atoms with Crippen molar-refractivity contribution in [1.29, 1.82) is 0 Å². The monoisotopic (exact) mass is 241 g/mol. The Morgan fingerprint density at radius 3 is 2.35 bits per heavy atom. The third-order valence-corrected chi connectivity index (χ3v) is 2.87. The molecular formula is C12H23N3O2. The lowest BCUT2D eigenvalue weighted by Gasteiger charge is -2.28. The van der Waals surface area contributed by atoms with Crippen LogP contribution in [0.15, 0.2) is 0 Å². The predicted octanol–water partition coefficient (Wildman–Crippen LogP) is 0.00220. The summed E-state index contributed by atoms with van der Waals surface area (Å²) in [7, 11) is 0. The number of carbonyl (C=O) groups excluding carboxylic acids is 2. The number of nitrogens with two attached hydrogens (primary N) is 1. The van der Waals surface area contributed by atoms with Crippen molar-refractivity contribution in [2.75, 3.05) is 13.1 Å². The normalized spacial score (nSPS) is 17.6. The van der Waals surface area contributed by atoms with Gasteiger partial charge in [0.1, 0.15) is 6.04 Å². The van der Waals surface area contributed by atoms with Crippen molar-refractivity contribution >= 4 is 11.8 Å². The van der Waals surface area contributed by atoms with Crippen LogP contribution < -0.4 is 16.4 Å². The zero-order chi connectivity index (χ0) is 13.1. The fourth-order valence-corrected chi connectivity index (χ4v) is 1.64. The summed E-state index contributed by atoms with van der Waals surface area (Å²) in [6.45, 7) is 6.75. The van der Waals surface area contributed by atoms with Gasteiger partial charge in [0.05, 0.1) is 6.54 Å². The minimum atomic E-state index is -0.627. The van der Waals surface area contributed by atoms with Gasteiger partial charge in [-0.3, -0.25) is 9.59 Å². The van der Waals surface area contributed by atoms with E-state index in [0.29, 0.717) is 0 Å². The Hall–Kier alpha value is -1.10. The van der Waals surface area contributed by atoms with Crippen molar-refractivity contribution in [2.24, 2.45) is 17.1 Å². The highest BCUT2D eigenvalue weighted by molar-refractivity contribution is 5.87. The largest absolute Gasteiger partial charge is 0.368 e. The molecule has 2 amide bonds. The number of carbonyl (C=O) groups is 2. The minimum absolute atomic E-state index is 0.177. The van der Waals surface area contributed by atoms with E-state index in [-0.39, 0.29) is 17.9 Å². The molecule has 17 heavy (non-hydrogen) atoms. The molecule has 0 aromatic heterocycles. The van der Waals surface area contributed by atoms with E-state index in [1.54, 1.807) is 0 Å². The van der Waals surface area contributed by atoms with Gasteiger partial charge in [-0.05, 0) is 30.7 Å². The maximum atomic E-state index is 11.6. The first-order chi connectivity index (χ1) is 7.80. The molecule has 1 unspecified atom stereocenters. The molecular weight excluding hydrogens is 218 g/mol. The Balaban J connectivity index is 2.32. The molecule has 0 aromatic carbocycles. The van der Waals surface area contributed by atoms with Crippen LogP contribution >= 0.6 is 0 Å². The predicted molar refractivity (Wildman–Crippen MR) is 66.2 cm³/mol. The Kier molecular flexibility index (Phi) is 4.51. The van der Waals surface area contributed by atoms with Gasteiger partial charge in [0, 0.05) is 0 Å². The summed E-state index contributed by atoms with van der Waals surface area (Å²) in [5.41, 5.74) is 4.92. The van der Waals surface area contributed by atoms with Gasteiger partial charge in [-0.1, -0.05) is 20.8 Å². The van der Waals surface area contributed by atoms with Gasteiger partial charge in [0.15, 0.2) is 0 Å². The maximum Gasteiger partial charge on any atom is 0.240 e. The number of hydrogen-bond acceptors (Lipinski definition) is 3. The molecule has 1 aliphatic rings. The summed E-state index contributed by atoms with van der Waals surface area (Å²) in [4.78, 5) is 22.9. The highest BCUT2D eigenvalue weighted by atomic mass is 16.2. The summed E-state index contributed by atoms with van der Waals surface area (Å²) >= 11 is 0. The molecule has 0 bridgehead atoms. The van der Waals surface area contributed by atoms with E-state index in [4.69, 9.17) is 5.73 Å². The Bertz CT molecular complexity index is 293. The molecule has 1 aliphatic carbocycles. The first-order valence-corrected chi connectivity index (χ1v) is 6.10. The number of hydrogen-bond donors (Lipinski definition) is 3. The van der Waals surface area contributed by atoms with Gasteiger partial charge in [-0.25, -0.2) is 0 Å². The topological polar surface area (TPSA) is 84.2 Å². The van der Waals surface area contributed by atoms with E-state index in [9.17, 15) is 9.59 Å². The zero-order valence-corrected chi connectivity index (χ0v) is 10.9. The smallest absolute Gasteiger partial charge is 0.240 e. The van der Waals surface area contributed by atoms with Crippen molar-refractivity contribution in [2.45, 2.75) is 39.7 Å². The van der Waals surface area contributed by atoms with Crippen LogP contribution in [0.1, 0.15) is 33.6 Å². The summed E-state index contributed by atoms with van der Waals surface area (Å²) in [5.74, 6) is 0.0646. The van der Waals surface area contributed by atoms with E-state index in [1.807, 2.05) is 20.8 Å². The van der Waals surface area contributed by atoms with Crippen molar-refractivity contribution in [1.82, 2.24) is 10.6 Å². The molecule has 0 radical (unpaired) electrons. The summed E-state index contributed by atoms with van der Waals surface area (Å²) in [6, 6.07) is -0.627. The second-order valence-corrected chi connectivity index (χ2v) is 5.84. The molecule has 1 atom stereocenters. The molecule has 1 saturated carbocycles. The fourth-order valence-electron chi connectivity index (χ4n) is 1.64. The summed E-state index contributed by atoms with van der Waals surface area (Å²) < 4.78 is 0. The summed E-state index contributed by atoms with van der Waals surface area (Å²) in [5, 5.41) is 5.75. The average Bonchev–Trinajstić information content (AvgIpc) is 2.95. The zero-order valence-electron chi connectivity index (χ0n) is 10.9. The van der Waals surface area contributed by atoms with Crippen molar-refractivity contribution in [3.05, 3.63) is 0 Å². The number of nitrogens with one attached hydrogen (secondary N) is 2. The van der Waals surface area contributed by atoms with E-state index < -0.39 is 11.9 Å². The molecule has 1 rings (SSSR count). The highest BCUT2D eigenvalue weighted by Gasteiger charge is 2.30. The van der Waals surface area contributed by atoms with Crippen LogP contribution in [0.2, 0.25) is 0 Å². The molecule has 0 spiro atoms. The Morgan fingerprint density at radius 2 is 1.94 bits per heavy atom. The molecule has 1 fully saturated rings. The lowest BCUT2D eigenvalue weighted by Crippen LogP contribution is -2.53. The second kappa shape index (κ2) is 5.49. The van der Waals surface area contributed by atoms with E-state index in [1.165, 1.54) is 12.8 Å². The summed E-state index contributed by atoms with van der Waals surface area (Å²) in [6.07, 6.45) is 2.50. The highest BCUT2D eigenvalue weighted by Crippen LogP contribution is 2.27. The molecule has 98 valence electrons. The van der Waals surface area contributed by atoms with Gasteiger partial charge in [0.2, 0.25) is 11.8 Å². The number of amides is 2. The van der Waals surface area contributed by atoms with Gasteiger partial charge >= 0.3 is 0 Å². The molecule has 5 nitrogen and oxygen atoms in total. The third-order valence-electron chi connectivity index (χ3n) is 2.87. The number of rotatable bonds is 6. The van der Waals surface area contributed by atoms with Crippen LogP contribution in [0.5, 0.6) is 0 Å². The standard InChI is InChI=1S/C12H23N3O2/c1-12(2,3)10(11(13)17)15-9(16)7-14-6-8-4-5-8/h8,10,14H,4-7H2,1-3H3,(H2,13,17)(H,15,16). The van der Waals surface area contributed by atoms with Crippen LogP contribution in [0.4, 0.5) is 0 Å². The van der Waals surface area contributed by atoms with E-state index >= 15 is 0 Å². The fraction of sp³-hybridized carbons (Fsp3) is 0.833. The first-order valence-electron chi connectivity index (χ1n) is 6.10. The van der Waals surface area contributed by atoms with Crippen LogP contribution in [-0.4, -0.2) is 30.9 Å². The molecule has 4 N–H and O–H groups in total. The van der Waals surface area contributed by atoms with Gasteiger partial charge in [0.25, 0.3) is 0 Å². The SMILES string of the molecule is CC(C)(C)C(NC(=O)CNCC1CC1)C(N)=O. The Labute approximate surface area is 103 Å². The van der Waals surface area contributed by atoms with Crippen LogP contribution in [0.25, 0.3) is 0 Å². The van der Waals surface area contributed by atoms with Gasteiger partial charge in [-0.2, -0.15) is 0 Å². The van der Waals surface area contributed by atoms with E-state index in [0.717, 1.165) is 12.5 Å². The molecule has 0 heterocycles. The van der Waals surface area contributed by atoms with Crippen LogP contribution in [0.3, 0.4) is 0 Å². The van der Waals surface area contributed by atoms with Crippen molar-refractivity contribution < 1.29 is 9.59 Å². The quantitative estimate of drug-likeness (QED) is 0.612. The maximum absolute atomic E-state index is 11.6. The van der Waals surface area contributed by atoms with Gasteiger partial charge in [-0.15, -0.1) is 0 Å². The minimum Gasteiger partial charge on any atom is -0.368 e. The van der Waals surface area contributed by atoms with E-state index in [2.05, 4.69) is 10.6 Å². The molecule has 0 aromatic rings. The van der Waals surface area contributed by atoms with Crippen molar-refractivity contribution in [3.63, 3.8) is 0 Å². The lowest BCUT2D eigenvalue weighted by molar-refractivity contribution is -0.129. The van der Waals surface area contributed by atoms with Crippen LogP contribution in [-0.2, 0) is 9.59 Å². The van der Waals surface area contributed by atoms with Gasteiger partial charge < -0.3 is 16.4 Å². The van der Waals surface area contributed by atoms with Crippen LogP contribution in [0, 0.1) is 11.3 Å². The molecule has 5 heteroatoms. The first kappa shape index (κ1) is 14.0. The number of primary amides is 1.